The van der Waals surface area contributed by atoms with Crippen molar-refractivity contribution in [2.45, 2.75) is 26.2 Å². The summed E-state index contributed by atoms with van der Waals surface area (Å²) in [7, 11) is 0. The predicted octanol–water partition coefficient (Wildman–Crippen LogP) is 1.33. The number of nitrogens with one attached hydrogen (secondary N) is 3. The Labute approximate surface area is 139 Å². The first-order valence-electron chi connectivity index (χ1n) is 8.24. The molecule has 0 aliphatic heterocycles. The summed E-state index contributed by atoms with van der Waals surface area (Å²) in [6.45, 7) is 3.15. The number of H-pyrrole nitrogens is 1. The molecule has 3 rings (SSSR count). The number of carbonyl (C=O) groups is 1. The highest BCUT2D eigenvalue weighted by Gasteiger charge is 2.28. The molecule has 0 bridgehead atoms. The second-order valence-corrected chi connectivity index (χ2v) is 5.86. The Balaban J connectivity index is 1.56. The molecule has 2 heterocycles. The quantitative estimate of drug-likeness (QED) is 0.666. The van der Waals surface area contributed by atoms with E-state index in [1.807, 2.05) is 19.1 Å². The number of aryl methyl sites for hydroxylation is 1. The first-order valence-corrected chi connectivity index (χ1v) is 8.24. The highest BCUT2D eigenvalue weighted by Crippen LogP contribution is 2.28. The second-order valence-electron chi connectivity index (χ2n) is 5.86. The lowest BCUT2D eigenvalue weighted by molar-refractivity contribution is -0.122. The van der Waals surface area contributed by atoms with Crippen molar-refractivity contribution in [1.82, 2.24) is 20.3 Å². The van der Waals surface area contributed by atoms with Crippen LogP contribution in [0.3, 0.4) is 0 Å². The average molecular weight is 327 g/mol. The number of carbonyl (C=O) groups excluding carboxylic acids is 1. The zero-order valence-electron chi connectivity index (χ0n) is 13.6. The van der Waals surface area contributed by atoms with E-state index in [1.54, 1.807) is 6.20 Å². The number of hydrogen-bond acceptors (Lipinski definition) is 5. The van der Waals surface area contributed by atoms with Crippen molar-refractivity contribution in [3.63, 3.8) is 0 Å². The Morgan fingerprint density at radius 2 is 2.17 bits per heavy atom. The minimum atomic E-state index is -0.162. The minimum absolute atomic E-state index is 0.144. The van der Waals surface area contributed by atoms with Gasteiger partial charge in [0.2, 0.25) is 5.91 Å². The normalized spacial score (nSPS) is 13.5. The van der Waals surface area contributed by atoms with Crippen LogP contribution in [0.1, 0.15) is 25.5 Å². The molecule has 1 aliphatic carbocycles. The first-order chi connectivity index (χ1) is 11.7. The van der Waals surface area contributed by atoms with Gasteiger partial charge in [-0.1, -0.05) is 6.92 Å². The maximum Gasteiger partial charge on any atom is 0.251 e. The number of nitrogens with zero attached hydrogens (tertiary/aromatic N) is 2. The fraction of sp³-hybridized carbons (Fsp3) is 0.412. The molecule has 0 saturated heterocycles. The monoisotopic (exact) mass is 327 g/mol. The van der Waals surface area contributed by atoms with Gasteiger partial charge in [-0.25, -0.2) is 9.97 Å². The van der Waals surface area contributed by atoms with Gasteiger partial charge in [-0.05, 0) is 31.4 Å². The average Bonchev–Trinajstić information content (AvgIpc) is 3.43. The molecule has 0 unspecified atom stereocenters. The summed E-state index contributed by atoms with van der Waals surface area (Å²) in [6, 6.07) is 5.19. The van der Waals surface area contributed by atoms with Crippen LogP contribution in [0, 0.1) is 5.92 Å². The number of aromatic nitrogens is 3. The predicted molar refractivity (Wildman–Crippen MR) is 91.7 cm³/mol. The summed E-state index contributed by atoms with van der Waals surface area (Å²) in [5, 5.41) is 6.05. The second kappa shape index (κ2) is 7.25. The molecular formula is C17H21N5O2. The van der Waals surface area contributed by atoms with E-state index in [9.17, 15) is 9.59 Å². The van der Waals surface area contributed by atoms with Gasteiger partial charge in [-0.15, -0.1) is 0 Å². The minimum Gasteiger partial charge on any atom is -0.368 e. The third-order valence-corrected chi connectivity index (χ3v) is 3.87. The fourth-order valence-electron chi connectivity index (χ4n) is 2.33. The van der Waals surface area contributed by atoms with E-state index >= 15 is 0 Å². The maximum absolute atomic E-state index is 11.6. The van der Waals surface area contributed by atoms with Crippen LogP contribution in [0.25, 0.3) is 11.4 Å². The lowest BCUT2D eigenvalue weighted by Crippen LogP contribution is -2.29. The fourth-order valence-corrected chi connectivity index (χ4v) is 2.33. The first kappa shape index (κ1) is 16.2. The van der Waals surface area contributed by atoms with Gasteiger partial charge in [0, 0.05) is 42.5 Å². The maximum atomic E-state index is 11.6. The number of amides is 1. The van der Waals surface area contributed by atoms with Crippen molar-refractivity contribution >= 4 is 11.7 Å². The zero-order chi connectivity index (χ0) is 16.9. The molecule has 0 aromatic carbocycles. The van der Waals surface area contributed by atoms with E-state index in [4.69, 9.17) is 0 Å². The van der Waals surface area contributed by atoms with Crippen molar-refractivity contribution in [3.05, 3.63) is 40.4 Å². The van der Waals surface area contributed by atoms with E-state index in [2.05, 4.69) is 25.6 Å². The number of anilines is 1. The largest absolute Gasteiger partial charge is 0.368 e. The number of hydrogen-bond donors (Lipinski definition) is 3. The lowest BCUT2D eigenvalue weighted by atomic mass is 10.2. The Hall–Kier alpha value is -2.70. The molecule has 0 spiro atoms. The highest BCUT2D eigenvalue weighted by atomic mass is 16.2. The third kappa shape index (κ3) is 4.18. The molecule has 1 amide bonds. The molecule has 126 valence electrons. The number of rotatable bonds is 7. The third-order valence-electron chi connectivity index (χ3n) is 3.87. The molecule has 1 fully saturated rings. The topological polar surface area (TPSA) is 99.8 Å². The molecule has 7 nitrogen and oxygen atoms in total. The zero-order valence-corrected chi connectivity index (χ0v) is 13.6. The highest BCUT2D eigenvalue weighted by molar-refractivity contribution is 5.80. The van der Waals surface area contributed by atoms with E-state index < -0.39 is 0 Å². The molecule has 2 aromatic rings. The van der Waals surface area contributed by atoms with Gasteiger partial charge in [0.25, 0.3) is 5.56 Å². The molecule has 0 radical (unpaired) electrons. The lowest BCUT2D eigenvalue weighted by Gasteiger charge is -2.08. The summed E-state index contributed by atoms with van der Waals surface area (Å²) in [4.78, 5) is 34.6. The molecule has 24 heavy (non-hydrogen) atoms. The SMILES string of the molecule is CCc1cc(=O)[nH]c(-c2ccc(NCCNC(=O)C3CC3)nc2)n1. The summed E-state index contributed by atoms with van der Waals surface area (Å²) in [5.74, 6) is 1.62. The molecule has 7 heteroatoms. The van der Waals surface area contributed by atoms with Gasteiger partial charge in [-0.2, -0.15) is 0 Å². The van der Waals surface area contributed by atoms with Crippen molar-refractivity contribution in [3.8, 4) is 11.4 Å². The van der Waals surface area contributed by atoms with Crippen molar-refractivity contribution < 1.29 is 4.79 Å². The Morgan fingerprint density at radius 3 is 2.83 bits per heavy atom. The molecule has 0 atom stereocenters. The van der Waals surface area contributed by atoms with E-state index in [0.29, 0.717) is 31.2 Å². The summed E-state index contributed by atoms with van der Waals surface area (Å²) in [6.07, 6.45) is 4.40. The van der Waals surface area contributed by atoms with Gasteiger partial charge in [0.1, 0.15) is 11.6 Å². The van der Waals surface area contributed by atoms with Gasteiger partial charge < -0.3 is 15.6 Å². The smallest absolute Gasteiger partial charge is 0.251 e. The van der Waals surface area contributed by atoms with E-state index in [1.165, 1.54) is 6.07 Å². The van der Waals surface area contributed by atoms with Gasteiger partial charge in [-0.3, -0.25) is 9.59 Å². The molecular weight excluding hydrogens is 306 g/mol. The molecule has 2 aromatic heterocycles. The van der Waals surface area contributed by atoms with Crippen LogP contribution in [0.4, 0.5) is 5.82 Å². The summed E-state index contributed by atoms with van der Waals surface area (Å²) in [5.41, 5.74) is 1.35. The van der Waals surface area contributed by atoms with Crippen LogP contribution in [0.15, 0.2) is 29.2 Å². The Bertz CT molecular complexity index is 765. The van der Waals surface area contributed by atoms with Gasteiger partial charge in [0.15, 0.2) is 0 Å². The van der Waals surface area contributed by atoms with Crippen LogP contribution in [-0.4, -0.2) is 33.9 Å². The van der Waals surface area contributed by atoms with E-state index in [0.717, 1.165) is 24.1 Å². The van der Waals surface area contributed by atoms with Crippen LogP contribution in [0.5, 0.6) is 0 Å². The van der Waals surface area contributed by atoms with Crippen LogP contribution >= 0.6 is 0 Å². The Morgan fingerprint density at radius 1 is 1.33 bits per heavy atom. The molecule has 1 saturated carbocycles. The Kier molecular flexibility index (Phi) is 4.88. The van der Waals surface area contributed by atoms with E-state index in [-0.39, 0.29) is 17.4 Å². The summed E-state index contributed by atoms with van der Waals surface area (Å²) < 4.78 is 0. The summed E-state index contributed by atoms with van der Waals surface area (Å²) >= 11 is 0. The van der Waals surface area contributed by atoms with Crippen molar-refractivity contribution in [2.75, 3.05) is 18.4 Å². The van der Waals surface area contributed by atoms with Crippen molar-refractivity contribution in [1.29, 1.82) is 0 Å². The molecule has 1 aliphatic rings. The van der Waals surface area contributed by atoms with Gasteiger partial charge in [0.05, 0.1) is 0 Å². The van der Waals surface area contributed by atoms with Crippen molar-refractivity contribution in [2.24, 2.45) is 5.92 Å². The standard InChI is InChI=1S/C17H21N5O2/c1-2-13-9-15(23)22-16(21-13)12-5-6-14(20-10-12)18-7-8-19-17(24)11-3-4-11/h5-6,9-11H,2-4,7-8H2,1H3,(H,18,20)(H,19,24)(H,21,22,23). The van der Waals surface area contributed by atoms with Gasteiger partial charge >= 0.3 is 0 Å². The molecule has 3 N–H and O–H groups in total. The van der Waals surface area contributed by atoms with Crippen LogP contribution in [-0.2, 0) is 11.2 Å². The van der Waals surface area contributed by atoms with Crippen LogP contribution < -0.4 is 16.2 Å². The number of aromatic amines is 1. The number of pyridine rings is 1. The van der Waals surface area contributed by atoms with Crippen LogP contribution in [0.2, 0.25) is 0 Å².